The Kier molecular flexibility index (Phi) is 8.49. The number of aromatic nitrogens is 2. The molecule has 8 heteroatoms. The van der Waals surface area contributed by atoms with Crippen LogP contribution in [0, 0.1) is 12.7 Å². The van der Waals surface area contributed by atoms with Gasteiger partial charge in [-0.2, -0.15) is 0 Å². The van der Waals surface area contributed by atoms with Crippen molar-refractivity contribution in [2.24, 2.45) is 4.99 Å². The summed E-state index contributed by atoms with van der Waals surface area (Å²) in [5.41, 5.74) is 3.87. The average Bonchev–Trinajstić information content (AvgIpc) is 3.40. The first-order valence-electron chi connectivity index (χ1n) is 10.7. The van der Waals surface area contributed by atoms with E-state index in [1.54, 1.807) is 23.0 Å². The predicted molar refractivity (Wildman–Crippen MR) is 136 cm³/mol. The molecule has 6 nitrogen and oxygen atoms in total. The van der Waals surface area contributed by atoms with Gasteiger partial charge in [-0.05, 0) is 55.2 Å². The molecule has 170 valence electrons. The number of hydrogen-bond acceptors (Lipinski definition) is 3. The van der Waals surface area contributed by atoms with Crippen LogP contribution in [0.25, 0.3) is 5.69 Å². The Morgan fingerprint density at radius 3 is 2.78 bits per heavy atom. The minimum Gasteiger partial charge on any atom is -0.493 e. The number of nitrogens with one attached hydrogen (secondary N) is 2. The zero-order valence-corrected chi connectivity index (χ0v) is 20.7. The van der Waals surface area contributed by atoms with Crippen LogP contribution in [0.1, 0.15) is 29.4 Å². The molecule has 2 N–H and O–H groups in total. The number of fused-ring (bicyclic) bond motifs is 1. The molecule has 1 aliphatic rings. The third-order valence-corrected chi connectivity index (χ3v) is 5.32. The van der Waals surface area contributed by atoms with Crippen molar-refractivity contribution in [3.63, 3.8) is 0 Å². The maximum atomic E-state index is 14.6. The summed E-state index contributed by atoms with van der Waals surface area (Å²) in [6, 6.07) is 11.6. The van der Waals surface area contributed by atoms with Crippen molar-refractivity contribution < 1.29 is 9.13 Å². The molecular weight excluding hydrogens is 520 g/mol. The van der Waals surface area contributed by atoms with Gasteiger partial charge in [0.05, 0.1) is 18.8 Å². The number of guanidine groups is 1. The molecule has 1 aromatic heterocycles. The van der Waals surface area contributed by atoms with E-state index >= 15 is 0 Å². The number of ether oxygens (including phenoxy) is 1. The van der Waals surface area contributed by atoms with Gasteiger partial charge in [-0.15, -0.1) is 24.0 Å². The van der Waals surface area contributed by atoms with Crippen molar-refractivity contribution >= 4 is 29.9 Å². The highest BCUT2D eigenvalue weighted by Crippen LogP contribution is 2.25. The number of hydrogen-bond donors (Lipinski definition) is 2. The molecule has 0 amide bonds. The van der Waals surface area contributed by atoms with Crippen molar-refractivity contribution in [1.29, 1.82) is 0 Å². The van der Waals surface area contributed by atoms with E-state index < -0.39 is 0 Å². The lowest BCUT2D eigenvalue weighted by Crippen LogP contribution is -2.38. The van der Waals surface area contributed by atoms with Crippen molar-refractivity contribution in [3.8, 4) is 11.4 Å². The van der Waals surface area contributed by atoms with E-state index in [0.717, 1.165) is 55.6 Å². The largest absolute Gasteiger partial charge is 0.493 e. The van der Waals surface area contributed by atoms with Crippen molar-refractivity contribution in [3.05, 3.63) is 77.1 Å². The lowest BCUT2D eigenvalue weighted by molar-refractivity contribution is 0.357. The number of nitrogens with zero attached hydrogens (tertiary/aromatic N) is 3. The number of aryl methyl sites for hydroxylation is 1. The van der Waals surface area contributed by atoms with E-state index in [-0.39, 0.29) is 29.8 Å². The summed E-state index contributed by atoms with van der Waals surface area (Å²) < 4.78 is 21.9. The van der Waals surface area contributed by atoms with E-state index in [9.17, 15) is 4.39 Å². The Morgan fingerprint density at radius 1 is 1.19 bits per heavy atom. The molecule has 2 aromatic carbocycles. The Morgan fingerprint density at radius 2 is 2.03 bits per heavy atom. The summed E-state index contributed by atoms with van der Waals surface area (Å²) in [4.78, 5) is 8.77. The van der Waals surface area contributed by atoms with Crippen LogP contribution in [-0.4, -0.2) is 35.2 Å². The molecule has 2 heterocycles. The molecule has 0 saturated carbocycles. The van der Waals surface area contributed by atoms with Gasteiger partial charge in [0.2, 0.25) is 0 Å². The molecule has 0 radical (unpaired) electrons. The van der Waals surface area contributed by atoms with Gasteiger partial charge in [0.15, 0.2) is 5.96 Å². The Bertz CT molecular complexity index is 1080. The summed E-state index contributed by atoms with van der Waals surface area (Å²) in [5.74, 6) is 2.20. The lowest BCUT2D eigenvalue weighted by atomic mass is 10.1. The minimum absolute atomic E-state index is 0. The number of benzene rings is 2. The summed E-state index contributed by atoms with van der Waals surface area (Å²) >= 11 is 0. The molecular formula is C24H29FIN5O. The standard InChI is InChI=1S/C24H28FN5O.HI/c1-3-26-24(28-10-8-18-5-7-23-20(14-18)9-13-31-23)29-16-19-4-6-22(21(25)15-19)30-12-11-27-17(30)2;/h4-7,11-12,14-15H,3,8-10,13,16H2,1-2H3,(H2,26,28,29);1H. The molecule has 4 rings (SSSR count). The van der Waals surface area contributed by atoms with E-state index in [4.69, 9.17) is 4.74 Å². The Balaban J connectivity index is 0.00000289. The van der Waals surface area contributed by atoms with Crippen molar-refractivity contribution in [2.75, 3.05) is 19.7 Å². The smallest absolute Gasteiger partial charge is 0.191 e. The Labute approximate surface area is 205 Å². The van der Waals surface area contributed by atoms with Crippen molar-refractivity contribution in [2.45, 2.75) is 33.2 Å². The second kappa shape index (κ2) is 11.3. The maximum absolute atomic E-state index is 14.6. The molecule has 1 aliphatic heterocycles. The molecule has 0 atom stereocenters. The van der Waals surface area contributed by atoms with Gasteiger partial charge < -0.3 is 19.9 Å². The van der Waals surface area contributed by atoms with E-state index in [0.29, 0.717) is 12.2 Å². The highest BCUT2D eigenvalue weighted by molar-refractivity contribution is 14.0. The fourth-order valence-electron chi connectivity index (χ4n) is 3.71. The summed E-state index contributed by atoms with van der Waals surface area (Å²) in [5, 5.41) is 6.61. The quantitative estimate of drug-likeness (QED) is 0.264. The van der Waals surface area contributed by atoms with Crippen LogP contribution in [0.2, 0.25) is 0 Å². The molecule has 0 bridgehead atoms. The normalized spacial score (nSPS) is 12.7. The summed E-state index contributed by atoms with van der Waals surface area (Å²) in [6.07, 6.45) is 5.30. The Hall–Kier alpha value is -2.62. The minimum atomic E-state index is -0.285. The lowest BCUT2D eigenvalue weighted by Gasteiger charge is -2.12. The number of rotatable bonds is 7. The number of aliphatic imine (C=N–C) groups is 1. The fourth-order valence-corrected chi connectivity index (χ4v) is 3.71. The molecule has 0 aliphatic carbocycles. The molecule has 0 spiro atoms. The zero-order chi connectivity index (χ0) is 21.6. The van der Waals surface area contributed by atoms with E-state index in [2.05, 4.69) is 38.8 Å². The average molecular weight is 549 g/mol. The highest BCUT2D eigenvalue weighted by atomic mass is 127. The second-order valence-corrected chi connectivity index (χ2v) is 7.54. The topological polar surface area (TPSA) is 63.5 Å². The van der Waals surface area contributed by atoms with Crippen LogP contribution in [0.3, 0.4) is 0 Å². The van der Waals surface area contributed by atoms with Gasteiger partial charge in [-0.3, -0.25) is 0 Å². The van der Waals surface area contributed by atoms with Crippen LogP contribution in [0.4, 0.5) is 4.39 Å². The first-order chi connectivity index (χ1) is 15.1. The van der Waals surface area contributed by atoms with E-state index in [1.165, 1.54) is 17.2 Å². The van der Waals surface area contributed by atoms with Crippen LogP contribution >= 0.6 is 24.0 Å². The first-order valence-corrected chi connectivity index (χ1v) is 10.7. The number of imidazole rings is 1. The third kappa shape index (κ3) is 5.79. The summed E-state index contributed by atoms with van der Waals surface area (Å²) in [7, 11) is 0. The van der Waals surface area contributed by atoms with Crippen LogP contribution < -0.4 is 15.4 Å². The van der Waals surface area contributed by atoms with Gasteiger partial charge in [0.1, 0.15) is 17.4 Å². The zero-order valence-electron chi connectivity index (χ0n) is 18.4. The summed E-state index contributed by atoms with van der Waals surface area (Å²) in [6.45, 7) is 6.57. The van der Waals surface area contributed by atoms with Gasteiger partial charge in [-0.25, -0.2) is 14.4 Å². The number of halogens is 2. The van der Waals surface area contributed by atoms with Gasteiger partial charge in [0, 0.05) is 31.9 Å². The van der Waals surface area contributed by atoms with Gasteiger partial charge in [-0.1, -0.05) is 18.2 Å². The molecule has 0 unspecified atom stereocenters. The molecule has 3 aromatic rings. The SMILES string of the molecule is CCNC(=NCc1ccc(-n2ccnc2C)c(F)c1)NCCc1ccc2c(c1)CCO2.I. The molecule has 0 saturated heterocycles. The van der Waals surface area contributed by atoms with E-state index in [1.807, 2.05) is 19.9 Å². The van der Waals surface area contributed by atoms with Gasteiger partial charge >= 0.3 is 0 Å². The molecule has 0 fully saturated rings. The van der Waals surface area contributed by atoms with Crippen LogP contribution in [-0.2, 0) is 19.4 Å². The van der Waals surface area contributed by atoms with Gasteiger partial charge in [0.25, 0.3) is 0 Å². The predicted octanol–water partition coefficient (Wildman–Crippen LogP) is 4.17. The monoisotopic (exact) mass is 549 g/mol. The van der Waals surface area contributed by atoms with Crippen LogP contribution in [0.5, 0.6) is 5.75 Å². The second-order valence-electron chi connectivity index (χ2n) is 7.54. The third-order valence-electron chi connectivity index (χ3n) is 5.32. The first kappa shape index (κ1) is 24.0. The fraction of sp³-hybridized carbons (Fsp3) is 0.333. The van der Waals surface area contributed by atoms with Crippen molar-refractivity contribution in [1.82, 2.24) is 20.2 Å². The maximum Gasteiger partial charge on any atom is 0.191 e. The molecule has 32 heavy (non-hydrogen) atoms. The highest BCUT2D eigenvalue weighted by Gasteiger charge is 2.12. The van der Waals surface area contributed by atoms with Crippen LogP contribution in [0.15, 0.2) is 53.8 Å².